The van der Waals surface area contributed by atoms with Crippen LogP contribution in [0.3, 0.4) is 0 Å². The number of hydrogen-bond donors (Lipinski definition) is 0. The van der Waals surface area contributed by atoms with Crippen LogP contribution in [-0.4, -0.2) is 21.2 Å². The Bertz CT molecular complexity index is 939. The summed E-state index contributed by atoms with van der Waals surface area (Å²) in [6.45, 7) is 9.65. The molecule has 1 unspecified atom stereocenters. The van der Waals surface area contributed by atoms with Crippen molar-refractivity contribution in [3.8, 4) is 11.3 Å². The van der Waals surface area contributed by atoms with Gasteiger partial charge in [-0.05, 0) is 31.9 Å². The van der Waals surface area contributed by atoms with Crippen LogP contribution in [0, 0.1) is 13.8 Å². The van der Waals surface area contributed by atoms with Gasteiger partial charge in [0.2, 0.25) is 0 Å². The summed E-state index contributed by atoms with van der Waals surface area (Å²) in [6, 6.07) is 20.4. The van der Waals surface area contributed by atoms with Gasteiger partial charge in [-0.3, -0.25) is 9.58 Å². The molecule has 0 N–H and O–H groups in total. The first kappa shape index (κ1) is 19.9. The molecule has 0 fully saturated rings. The molecule has 3 aromatic rings. The molecule has 152 valence electrons. The number of rotatable bonds is 7. The first-order valence-electron chi connectivity index (χ1n) is 11.1. The molecule has 29 heavy (non-hydrogen) atoms. The lowest BCUT2D eigenvalue weighted by Crippen LogP contribution is -2.37. The van der Waals surface area contributed by atoms with Crippen molar-refractivity contribution in [3.05, 3.63) is 77.0 Å². The minimum absolute atomic E-state index is 0.467. The molecule has 0 radical (unpaired) electrons. The van der Waals surface area contributed by atoms with Gasteiger partial charge in [-0.15, -0.1) is 0 Å². The predicted molar refractivity (Wildman–Crippen MR) is 121 cm³/mol. The zero-order valence-electron chi connectivity index (χ0n) is 18.1. The monoisotopic (exact) mass is 387 g/mol. The molecule has 3 nitrogen and oxygen atoms in total. The van der Waals surface area contributed by atoms with Crippen LogP contribution in [0.1, 0.15) is 61.0 Å². The molecule has 1 atom stereocenters. The second-order valence-electron chi connectivity index (χ2n) is 8.64. The molecule has 3 heteroatoms. The Morgan fingerprint density at radius 3 is 2.55 bits per heavy atom. The van der Waals surface area contributed by atoms with Crippen LogP contribution in [-0.2, 0) is 13.1 Å². The molecule has 1 aliphatic rings. The van der Waals surface area contributed by atoms with E-state index in [1.807, 2.05) is 0 Å². The Morgan fingerprint density at radius 1 is 0.966 bits per heavy atom. The van der Waals surface area contributed by atoms with Crippen molar-refractivity contribution in [2.45, 2.75) is 65.6 Å². The van der Waals surface area contributed by atoms with E-state index in [9.17, 15) is 0 Å². The van der Waals surface area contributed by atoms with Gasteiger partial charge in [0, 0.05) is 25.2 Å². The van der Waals surface area contributed by atoms with Gasteiger partial charge in [-0.1, -0.05) is 85.8 Å². The largest absolute Gasteiger partial charge is 0.291 e. The van der Waals surface area contributed by atoms with Crippen LogP contribution < -0.4 is 0 Å². The number of fused-ring (bicyclic) bond motifs is 1. The fraction of sp³-hybridized carbons (Fsp3) is 0.423. The number of nitrogens with zero attached hydrogens (tertiary/aromatic N) is 3. The lowest BCUT2D eigenvalue weighted by molar-refractivity contribution is 0.159. The smallest absolute Gasteiger partial charge is 0.0926 e. The standard InChI is InChI=1S/C26H33N3/c1-4-5-6-10-24-18-28(17-22-9-7-8-21(3)15-22)19-25-16-26(27-29(24)25)23-13-11-20(2)12-14-23/h7-9,11-16,24H,4-6,10,17-19H2,1-3H3. The fourth-order valence-electron chi connectivity index (χ4n) is 4.43. The van der Waals surface area contributed by atoms with Gasteiger partial charge in [0.1, 0.15) is 0 Å². The van der Waals surface area contributed by atoms with E-state index in [4.69, 9.17) is 5.10 Å². The van der Waals surface area contributed by atoms with E-state index in [0.717, 1.165) is 25.3 Å². The Labute approximate surface area is 175 Å². The highest BCUT2D eigenvalue weighted by molar-refractivity contribution is 5.59. The third-order valence-electron chi connectivity index (χ3n) is 5.99. The number of benzene rings is 2. The van der Waals surface area contributed by atoms with Crippen molar-refractivity contribution < 1.29 is 0 Å². The van der Waals surface area contributed by atoms with Crippen molar-refractivity contribution >= 4 is 0 Å². The van der Waals surface area contributed by atoms with E-state index in [2.05, 4.69) is 85.0 Å². The SMILES string of the molecule is CCCCCC1CN(Cc2cccc(C)c2)Cc2cc(-c3ccc(C)cc3)nn21. The molecule has 0 bridgehead atoms. The van der Waals surface area contributed by atoms with Gasteiger partial charge < -0.3 is 0 Å². The third kappa shape index (κ3) is 4.79. The minimum atomic E-state index is 0.467. The molecule has 0 spiro atoms. The fourth-order valence-corrected chi connectivity index (χ4v) is 4.43. The molecule has 0 saturated carbocycles. The van der Waals surface area contributed by atoms with Crippen LogP contribution in [0.15, 0.2) is 54.6 Å². The number of unbranched alkanes of at least 4 members (excludes halogenated alkanes) is 2. The topological polar surface area (TPSA) is 21.1 Å². The highest BCUT2D eigenvalue weighted by Gasteiger charge is 2.26. The Balaban J connectivity index is 1.58. The van der Waals surface area contributed by atoms with Crippen molar-refractivity contribution in [2.24, 2.45) is 0 Å². The van der Waals surface area contributed by atoms with Crippen molar-refractivity contribution in [2.75, 3.05) is 6.54 Å². The summed E-state index contributed by atoms with van der Waals surface area (Å²) in [6.07, 6.45) is 5.05. The van der Waals surface area contributed by atoms with Crippen molar-refractivity contribution in [1.29, 1.82) is 0 Å². The molecule has 1 aliphatic heterocycles. The first-order chi connectivity index (χ1) is 14.1. The highest BCUT2D eigenvalue weighted by Crippen LogP contribution is 2.30. The van der Waals surface area contributed by atoms with E-state index in [1.165, 1.54) is 53.6 Å². The lowest BCUT2D eigenvalue weighted by Gasteiger charge is -2.34. The molecule has 1 aromatic heterocycles. The van der Waals surface area contributed by atoms with Crippen LogP contribution in [0.2, 0.25) is 0 Å². The summed E-state index contributed by atoms with van der Waals surface area (Å²) in [7, 11) is 0. The van der Waals surface area contributed by atoms with E-state index < -0.39 is 0 Å². The zero-order valence-corrected chi connectivity index (χ0v) is 18.1. The summed E-state index contributed by atoms with van der Waals surface area (Å²) in [4.78, 5) is 2.60. The lowest BCUT2D eigenvalue weighted by atomic mass is 10.0. The normalized spacial score (nSPS) is 16.7. The minimum Gasteiger partial charge on any atom is -0.291 e. The molecular formula is C26H33N3. The summed E-state index contributed by atoms with van der Waals surface area (Å²) in [5.41, 5.74) is 7.71. The number of aromatic nitrogens is 2. The number of aryl methyl sites for hydroxylation is 2. The quantitative estimate of drug-likeness (QED) is 0.443. The first-order valence-corrected chi connectivity index (χ1v) is 11.1. The van der Waals surface area contributed by atoms with Crippen LogP contribution in [0.25, 0.3) is 11.3 Å². The Hall–Kier alpha value is -2.39. The van der Waals surface area contributed by atoms with Gasteiger partial charge in [0.25, 0.3) is 0 Å². The average Bonchev–Trinajstić information content (AvgIpc) is 3.13. The van der Waals surface area contributed by atoms with Gasteiger partial charge in [-0.25, -0.2) is 0 Å². The molecular weight excluding hydrogens is 354 g/mol. The maximum atomic E-state index is 5.06. The molecule has 0 saturated heterocycles. The van der Waals surface area contributed by atoms with E-state index >= 15 is 0 Å². The maximum absolute atomic E-state index is 5.06. The van der Waals surface area contributed by atoms with Crippen LogP contribution in [0.4, 0.5) is 0 Å². The highest BCUT2D eigenvalue weighted by atomic mass is 15.4. The predicted octanol–water partition coefficient (Wildman–Crippen LogP) is 6.30. The van der Waals surface area contributed by atoms with Gasteiger partial charge in [0.15, 0.2) is 0 Å². The van der Waals surface area contributed by atoms with Crippen molar-refractivity contribution in [1.82, 2.24) is 14.7 Å². The zero-order chi connectivity index (χ0) is 20.2. The number of hydrogen-bond acceptors (Lipinski definition) is 2. The second-order valence-corrected chi connectivity index (χ2v) is 8.64. The summed E-state index contributed by atoms with van der Waals surface area (Å²) in [5, 5.41) is 5.06. The average molecular weight is 388 g/mol. The van der Waals surface area contributed by atoms with Crippen molar-refractivity contribution in [3.63, 3.8) is 0 Å². The van der Waals surface area contributed by atoms with Gasteiger partial charge in [-0.2, -0.15) is 5.10 Å². The van der Waals surface area contributed by atoms with E-state index in [-0.39, 0.29) is 0 Å². The van der Waals surface area contributed by atoms with E-state index in [0.29, 0.717) is 6.04 Å². The Kier molecular flexibility index (Phi) is 6.15. The summed E-state index contributed by atoms with van der Waals surface area (Å²) < 4.78 is 2.33. The maximum Gasteiger partial charge on any atom is 0.0926 e. The van der Waals surface area contributed by atoms with Crippen LogP contribution in [0.5, 0.6) is 0 Å². The molecule has 0 amide bonds. The van der Waals surface area contributed by atoms with E-state index in [1.54, 1.807) is 0 Å². The molecule has 0 aliphatic carbocycles. The van der Waals surface area contributed by atoms with Gasteiger partial charge >= 0.3 is 0 Å². The van der Waals surface area contributed by atoms with Crippen LogP contribution >= 0.6 is 0 Å². The summed E-state index contributed by atoms with van der Waals surface area (Å²) in [5.74, 6) is 0. The summed E-state index contributed by atoms with van der Waals surface area (Å²) >= 11 is 0. The third-order valence-corrected chi connectivity index (χ3v) is 5.99. The molecule has 4 rings (SSSR count). The Morgan fingerprint density at radius 2 is 1.79 bits per heavy atom. The van der Waals surface area contributed by atoms with Gasteiger partial charge in [0.05, 0.1) is 17.4 Å². The molecule has 2 aromatic carbocycles. The molecule has 2 heterocycles. The second kappa shape index (κ2) is 8.96.